The van der Waals surface area contributed by atoms with Gasteiger partial charge in [0.05, 0.1) is 24.8 Å². The molecule has 28 heavy (non-hydrogen) atoms. The van der Waals surface area contributed by atoms with Crippen LogP contribution in [0.2, 0.25) is 5.02 Å². The molecule has 1 amide bonds. The van der Waals surface area contributed by atoms with Crippen LogP contribution in [0.5, 0.6) is 11.5 Å². The number of amides is 1. The maximum absolute atomic E-state index is 12.5. The summed E-state index contributed by atoms with van der Waals surface area (Å²) >= 11 is 6.19. The molecule has 8 heteroatoms. The van der Waals surface area contributed by atoms with Gasteiger partial charge in [-0.1, -0.05) is 28.9 Å². The highest BCUT2D eigenvalue weighted by atomic mass is 35.5. The van der Waals surface area contributed by atoms with Crippen molar-refractivity contribution in [1.82, 2.24) is 10.1 Å². The third kappa shape index (κ3) is 3.29. The quantitative estimate of drug-likeness (QED) is 0.647. The molecule has 0 N–H and O–H groups in total. The van der Waals surface area contributed by atoms with E-state index in [0.717, 1.165) is 0 Å². The van der Waals surface area contributed by atoms with Gasteiger partial charge in [-0.05, 0) is 30.3 Å². The fourth-order valence-electron chi connectivity index (χ4n) is 3.28. The molecule has 1 aliphatic rings. The van der Waals surface area contributed by atoms with Crippen LogP contribution in [-0.4, -0.2) is 36.8 Å². The molecule has 1 aromatic heterocycles. The van der Waals surface area contributed by atoms with Gasteiger partial charge < -0.3 is 18.9 Å². The smallest absolute Gasteiger partial charge is 0.261 e. The molecule has 0 radical (unpaired) electrons. The zero-order valence-electron chi connectivity index (χ0n) is 15.4. The molecule has 4 rings (SSSR count). The van der Waals surface area contributed by atoms with Crippen LogP contribution in [0.1, 0.15) is 18.2 Å². The molecule has 1 atom stereocenters. The van der Waals surface area contributed by atoms with E-state index in [1.165, 1.54) is 0 Å². The molecule has 3 aromatic rings. The van der Waals surface area contributed by atoms with Crippen LogP contribution in [0.3, 0.4) is 0 Å². The van der Waals surface area contributed by atoms with Crippen LogP contribution >= 0.6 is 11.6 Å². The van der Waals surface area contributed by atoms with Crippen LogP contribution < -0.4 is 14.4 Å². The number of methoxy groups -OCH3 is 2. The fourth-order valence-corrected chi connectivity index (χ4v) is 3.54. The van der Waals surface area contributed by atoms with Crippen molar-refractivity contribution in [2.24, 2.45) is 0 Å². The van der Waals surface area contributed by atoms with E-state index in [9.17, 15) is 4.79 Å². The number of benzene rings is 2. The van der Waals surface area contributed by atoms with Gasteiger partial charge in [0.15, 0.2) is 5.82 Å². The van der Waals surface area contributed by atoms with Crippen molar-refractivity contribution in [1.29, 1.82) is 0 Å². The molecule has 2 heterocycles. The number of carbonyl (C=O) groups is 1. The van der Waals surface area contributed by atoms with E-state index in [-0.39, 0.29) is 11.8 Å². The van der Waals surface area contributed by atoms with E-state index in [1.807, 2.05) is 30.3 Å². The van der Waals surface area contributed by atoms with E-state index in [0.29, 0.717) is 52.5 Å². The highest BCUT2D eigenvalue weighted by Gasteiger charge is 2.35. The summed E-state index contributed by atoms with van der Waals surface area (Å²) in [6, 6.07) is 12.7. The molecule has 0 aliphatic carbocycles. The Kier molecular flexibility index (Phi) is 4.92. The molecule has 144 valence electrons. The SMILES string of the molecule is COc1ccc(N2CC(c3noc(-c4ccccc4OC)n3)CC2=O)cc1Cl. The largest absolute Gasteiger partial charge is 0.496 e. The molecule has 1 fully saturated rings. The number of ether oxygens (including phenoxy) is 2. The standard InChI is InChI=1S/C20H18ClN3O4/c1-26-16-6-4-3-5-14(16)20-22-19(23-28-20)12-9-18(25)24(11-12)13-7-8-17(27-2)15(21)10-13/h3-8,10,12H,9,11H2,1-2H3. The van der Waals surface area contributed by atoms with Crippen LogP contribution in [0, 0.1) is 0 Å². The van der Waals surface area contributed by atoms with Crippen LogP contribution in [0.4, 0.5) is 5.69 Å². The second-order valence-electron chi connectivity index (χ2n) is 6.38. The molecule has 0 bridgehead atoms. The summed E-state index contributed by atoms with van der Waals surface area (Å²) in [6.45, 7) is 0.451. The van der Waals surface area contributed by atoms with Crippen molar-refractivity contribution in [3.63, 3.8) is 0 Å². The van der Waals surface area contributed by atoms with Crippen molar-refractivity contribution in [3.8, 4) is 23.0 Å². The zero-order valence-corrected chi connectivity index (χ0v) is 16.1. The van der Waals surface area contributed by atoms with Crippen LogP contribution in [0.15, 0.2) is 47.0 Å². The lowest BCUT2D eigenvalue weighted by Crippen LogP contribution is -2.24. The van der Waals surface area contributed by atoms with Gasteiger partial charge in [0.2, 0.25) is 5.91 Å². The van der Waals surface area contributed by atoms with E-state index in [2.05, 4.69) is 10.1 Å². The van der Waals surface area contributed by atoms with Crippen molar-refractivity contribution < 1.29 is 18.8 Å². The van der Waals surface area contributed by atoms with E-state index in [4.69, 9.17) is 25.6 Å². The number of halogens is 1. The van der Waals surface area contributed by atoms with Gasteiger partial charge in [0.25, 0.3) is 5.89 Å². The highest BCUT2D eigenvalue weighted by molar-refractivity contribution is 6.32. The Hall–Kier alpha value is -3.06. The number of aromatic nitrogens is 2. The predicted molar refractivity (Wildman–Crippen MR) is 104 cm³/mol. The number of hydrogen-bond donors (Lipinski definition) is 0. The first-order valence-electron chi connectivity index (χ1n) is 8.71. The number of anilines is 1. The maximum atomic E-state index is 12.5. The summed E-state index contributed by atoms with van der Waals surface area (Å²) in [5, 5.41) is 4.54. The van der Waals surface area contributed by atoms with Gasteiger partial charge in [-0.25, -0.2) is 0 Å². The Balaban J connectivity index is 1.56. The second-order valence-corrected chi connectivity index (χ2v) is 6.79. The van der Waals surface area contributed by atoms with Crippen molar-refractivity contribution in [2.75, 3.05) is 25.7 Å². The Morgan fingerprint density at radius 2 is 1.93 bits per heavy atom. The van der Waals surface area contributed by atoms with Crippen LogP contribution in [0.25, 0.3) is 11.5 Å². The first-order chi connectivity index (χ1) is 13.6. The minimum absolute atomic E-state index is 0.0186. The number of para-hydroxylation sites is 1. The number of carbonyl (C=O) groups excluding carboxylic acids is 1. The Bertz CT molecular complexity index is 1020. The molecule has 7 nitrogen and oxygen atoms in total. The molecule has 2 aromatic carbocycles. The lowest BCUT2D eigenvalue weighted by molar-refractivity contribution is -0.117. The molecule has 1 unspecified atom stereocenters. The summed E-state index contributed by atoms with van der Waals surface area (Å²) in [5.41, 5.74) is 1.43. The highest BCUT2D eigenvalue weighted by Crippen LogP contribution is 2.36. The molecule has 1 saturated heterocycles. The average molecular weight is 400 g/mol. The van der Waals surface area contributed by atoms with Crippen molar-refractivity contribution in [3.05, 3.63) is 53.3 Å². The predicted octanol–water partition coefficient (Wildman–Crippen LogP) is 3.93. The van der Waals surface area contributed by atoms with Gasteiger partial charge in [0, 0.05) is 24.6 Å². The monoisotopic (exact) mass is 399 g/mol. The molecule has 0 spiro atoms. The van der Waals surface area contributed by atoms with Gasteiger partial charge in [-0.2, -0.15) is 4.98 Å². The molecule has 1 aliphatic heterocycles. The molecule has 0 saturated carbocycles. The van der Waals surface area contributed by atoms with Gasteiger partial charge in [-0.3, -0.25) is 4.79 Å². The maximum Gasteiger partial charge on any atom is 0.261 e. The average Bonchev–Trinajstić information content (AvgIpc) is 3.34. The summed E-state index contributed by atoms with van der Waals surface area (Å²) in [7, 11) is 3.14. The zero-order chi connectivity index (χ0) is 19.7. The Labute approximate surface area is 166 Å². The summed E-state index contributed by atoms with van der Waals surface area (Å²) in [4.78, 5) is 18.7. The molecular weight excluding hydrogens is 382 g/mol. The first kappa shape index (κ1) is 18.3. The van der Waals surface area contributed by atoms with Crippen molar-refractivity contribution >= 4 is 23.2 Å². The minimum atomic E-state index is -0.166. The molecular formula is C20H18ClN3O4. The van der Waals surface area contributed by atoms with Gasteiger partial charge in [0.1, 0.15) is 11.5 Å². The lowest BCUT2D eigenvalue weighted by Gasteiger charge is -2.17. The van der Waals surface area contributed by atoms with Gasteiger partial charge >= 0.3 is 0 Å². The summed E-state index contributed by atoms with van der Waals surface area (Å²) in [6.07, 6.45) is 0.300. The minimum Gasteiger partial charge on any atom is -0.496 e. The van der Waals surface area contributed by atoms with Crippen LogP contribution in [-0.2, 0) is 4.79 Å². The third-order valence-electron chi connectivity index (χ3n) is 4.72. The first-order valence-corrected chi connectivity index (χ1v) is 9.09. The third-order valence-corrected chi connectivity index (χ3v) is 5.01. The lowest BCUT2D eigenvalue weighted by atomic mass is 10.1. The Morgan fingerprint density at radius 1 is 1.14 bits per heavy atom. The number of rotatable bonds is 5. The number of hydrogen-bond acceptors (Lipinski definition) is 6. The Morgan fingerprint density at radius 3 is 2.68 bits per heavy atom. The van der Waals surface area contributed by atoms with E-state index in [1.54, 1.807) is 31.3 Å². The van der Waals surface area contributed by atoms with E-state index >= 15 is 0 Å². The normalized spacial score (nSPS) is 16.5. The second kappa shape index (κ2) is 7.52. The number of nitrogens with zero attached hydrogens (tertiary/aromatic N) is 3. The summed E-state index contributed by atoms with van der Waals surface area (Å²) in [5.74, 6) is 1.89. The van der Waals surface area contributed by atoms with Gasteiger partial charge in [-0.15, -0.1) is 0 Å². The summed E-state index contributed by atoms with van der Waals surface area (Å²) < 4.78 is 15.9. The fraction of sp³-hybridized carbons (Fsp3) is 0.250. The van der Waals surface area contributed by atoms with E-state index < -0.39 is 0 Å². The topological polar surface area (TPSA) is 77.7 Å². The van der Waals surface area contributed by atoms with Crippen molar-refractivity contribution in [2.45, 2.75) is 12.3 Å².